The van der Waals surface area contributed by atoms with Crippen LogP contribution in [0.1, 0.15) is 26.3 Å². The topological polar surface area (TPSA) is 118 Å². The average Bonchev–Trinajstić information content (AvgIpc) is 2.98. The maximum absolute atomic E-state index is 13.0. The fourth-order valence-corrected chi connectivity index (χ4v) is 6.49. The zero-order chi connectivity index (χ0) is 22.4. The van der Waals surface area contributed by atoms with E-state index in [1.165, 1.54) is 48.5 Å². The van der Waals surface area contributed by atoms with Crippen LogP contribution in [-0.4, -0.2) is 28.6 Å². The summed E-state index contributed by atoms with van der Waals surface area (Å²) in [5.41, 5.74) is 0.674. The highest BCUT2D eigenvalue weighted by Crippen LogP contribution is 2.33. The molecule has 0 aromatic heterocycles. The number of anilines is 1. The second kappa shape index (κ2) is 7.41. The molecule has 8 nitrogen and oxygen atoms in total. The maximum Gasteiger partial charge on any atom is 0.266 e. The number of rotatable bonds is 5. The van der Waals surface area contributed by atoms with Crippen molar-refractivity contribution in [2.24, 2.45) is 0 Å². The SMILES string of the molecule is Cc1cccc(S(=O)(=O)NS(=O)(=O)c2ccccc2N2C(=O)c3ccccc3C2=O)c1. The standard InChI is InChI=1S/C21H16N2O6S2/c1-14-7-6-8-15(13-14)30(26,27)22-31(28,29)19-12-5-4-11-18(19)23-20(24)16-9-2-3-10-17(16)21(23)25/h2-13,22H,1H3. The first-order valence-corrected chi connectivity index (χ1v) is 12.0. The minimum atomic E-state index is -4.67. The van der Waals surface area contributed by atoms with Gasteiger partial charge in [0, 0.05) is 0 Å². The molecule has 2 amide bonds. The van der Waals surface area contributed by atoms with Crippen LogP contribution >= 0.6 is 0 Å². The second-order valence-electron chi connectivity index (χ2n) is 6.87. The molecule has 0 aliphatic carbocycles. The van der Waals surface area contributed by atoms with Gasteiger partial charge in [-0.05, 0) is 48.9 Å². The number of hydrogen-bond acceptors (Lipinski definition) is 6. The Kier molecular flexibility index (Phi) is 5.00. The summed E-state index contributed by atoms with van der Waals surface area (Å²) >= 11 is 0. The number of para-hydroxylation sites is 1. The quantitative estimate of drug-likeness (QED) is 0.590. The first-order chi connectivity index (χ1) is 14.6. The Bertz CT molecular complexity index is 1410. The Labute approximate surface area is 179 Å². The van der Waals surface area contributed by atoms with Crippen molar-refractivity contribution in [3.05, 3.63) is 89.5 Å². The Morgan fingerprint density at radius 3 is 1.90 bits per heavy atom. The van der Waals surface area contributed by atoms with E-state index >= 15 is 0 Å². The molecule has 31 heavy (non-hydrogen) atoms. The van der Waals surface area contributed by atoms with Gasteiger partial charge in [0.15, 0.2) is 0 Å². The first-order valence-electron chi connectivity index (χ1n) is 9.04. The minimum Gasteiger partial charge on any atom is -0.268 e. The molecule has 0 fully saturated rings. The molecule has 0 spiro atoms. The Hall–Kier alpha value is -3.34. The lowest BCUT2D eigenvalue weighted by molar-refractivity contribution is 0.0925. The zero-order valence-corrected chi connectivity index (χ0v) is 17.8. The number of amides is 2. The summed E-state index contributed by atoms with van der Waals surface area (Å²) < 4.78 is 53.1. The van der Waals surface area contributed by atoms with Gasteiger partial charge in [-0.3, -0.25) is 9.59 Å². The maximum atomic E-state index is 13.0. The summed E-state index contributed by atoms with van der Waals surface area (Å²) in [4.78, 5) is 25.6. The lowest BCUT2D eigenvalue weighted by Gasteiger charge is -2.18. The fraction of sp³-hybridized carbons (Fsp3) is 0.0476. The summed E-state index contributed by atoms with van der Waals surface area (Å²) in [7, 11) is -9.10. The number of imide groups is 1. The predicted octanol–water partition coefficient (Wildman–Crippen LogP) is 2.46. The molecule has 1 N–H and O–H groups in total. The summed E-state index contributed by atoms with van der Waals surface area (Å²) in [6.07, 6.45) is 0. The summed E-state index contributed by atoms with van der Waals surface area (Å²) in [5.74, 6) is -1.38. The normalized spacial score (nSPS) is 14.0. The van der Waals surface area contributed by atoms with Crippen molar-refractivity contribution in [2.75, 3.05) is 4.90 Å². The van der Waals surface area contributed by atoms with Gasteiger partial charge in [0.25, 0.3) is 31.9 Å². The Morgan fingerprint density at radius 2 is 1.29 bits per heavy atom. The van der Waals surface area contributed by atoms with Crippen LogP contribution in [0, 0.1) is 6.92 Å². The summed E-state index contributed by atoms with van der Waals surface area (Å²) in [6.45, 7) is 1.67. The van der Waals surface area contributed by atoms with Crippen molar-refractivity contribution in [2.45, 2.75) is 16.7 Å². The molecule has 0 bridgehead atoms. The number of carbonyl (C=O) groups excluding carboxylic acids is 2. The van der Waals surface area contributed by atoms with Gasteiger partial charge in [-0.1, -0.05) is 36.4 Å². The molecule has 0 saturated heterocycles. The average molecular weight is 457 g/mol. The van der Waals surface area contributed by atoms with E-state index in [0.29, 0.717) is 5.56 Å². The lowest BCUT2D eigenvalue weighted by Crippen LogP contribution is -2.35. The molecule has 0 radical (unpaired) electrons. The van der Waals surface area contributed by atoms with E-state index in [1.54, 1.807) is 29.3 Å². The van der Waals surface area contributed by atoms with Gasteiger partial charge < -0.3 is 0 Å². The molecule has 0 saturated carbocycles. The highest BCUT2D eigenvalue weighted by atomic mass is 32.3. The smallest absolute Gasteiger partial charge is 0.266 e. The third-order valence-electron chi connectivity index (χ3n) is 4.71. The van der Waals surface area contributed by atoms with E-state index in [2.05, 4.69) is 0 Å². The minimum absolute atomic E-state index is 0.139. The lowest BCUT2D eigenvalue weighted by atomic mass is 10.1. The van der Waals surface area contributed by atoms with Gasteiger partial charge >= 0.3 is 0 Å². The van der Waals surface area contributed by atoms with E-state index in [9.17, 15) is 26.4 Å². The van der Waals surface area contributed by atoms with Crippen LogP contribution in [-0.2, 0) is 20.0 Å². The molecular weight excluding hydrogens is 440 g/mol. The Balaban J connectivity index is 1.77. The first kappa shape index (κ1) is 20.9. The number of sulfonamides is 2. The molecule has 1 aliphatic heterocycles. The van der Waals surface area contributed by atoms with Crippen LogP contribution in [0.3, 0.4) is 0 Å². The number of hydrogen-bond donors (Lipinski definition) is 1. The molecule has 1 aliphatic rings. The van der Waals surface area contributed by atoms with Crippen LogP contribution in [0.2, 0.25) is 0 Å². The molecular formula is C21H16N2O6S2. The number of fused-ring (bicyclic) bond motifs is 1. The van der Waals surface area contributed by atoms with Gasteiger partial charge in [0.2, 0.25) is 0 Å². The summed E-state index contributed by atoms with van der Waals surface area (Å²) in [6, 6.07) is 17.1. The highest BCUT2D eigenvalue weighted by molar-refractivity contribution is 8.04. The fourth-order valence-electron chi connectivity index (χ4n) is 3.30. The van der Waals surface area contributed by atoms with Gasteiger partial charge in [-0.15, -0.1) is 4.13 Å². The van der Waals surface area contributed by atoms with E-state index in [1.807, 2.05) is 0 Å². The summed E-state index contributed by atoms with van der Waals surface area (Å²) in [5, 5.41) is 0. The van der Waals surface area contributed by atoms with Crippen molar-refractivity contribution < 1.29 is 26.4 Å². The van der Waals surface area contributed by atoms with Crippen LogP contribution < -0.4 is 9.03 Å². The van der Waals surface area contributed by atoms with Crippen LogP contribution in [0.15, 0.2) is 82.6 Å². The van der Waals surface area contributed by atoms with E-state index in [0.717, 1.165) is 11.0 Å². The van der Waals surface area contributed by atoms with Crippen LogP contribution in [0.4, 0.5) is 5.69 Å². The van der Waals surface area contributed by atoms with Crippen molar-refractivity contribution in [3.8, 4) is 0 Å². The van der Waals surface area contributed by atoms with Gasteiger partial charge in [-0.25, -0.2) is 21.7 Å². The number of nitrogens with one attached hydrogen (secondary N) is 1. The molecule has 3 aromatic rings. The van der Waals surface area contributed by atoms with Crippen molar-refractivity contribution in [1.29, 1.82) is 0 Å². The van der Waals surface area contributed by atoms with Crippen molar-refractivity contribution in [3.63, 3.8) is 0 Å². The van der Waals surface area contributed by atoms with E-state index < -0.39 is 36.8 Å². The zero-order valence-electron chi connectivity index (χ0n) is 16.1. The third-order valence-corrected chi connectivity index (χ3v) is 8.26. The number of aryl methyl sites for hydroxylation is 1. The molecule has 3 aromatic carbocycles. The van der Waals surface area contributed by atoms with Gasteiger partial charge in [0.1, 0.15) is 4.90 Å². The number of benzene rings is 3. The molecule has 4 rings (SSSR count). The number of carbonyl (C=O) groups is 2. The molecule has 1 heterocycles. The van der Waals surface area contributed by atoms with Gasteiger partial charge in [-0.2, -0.15) is 0 Å². The monoisotopic (exact) mass is 456 g/mol. The molecule has 0 atom stereocenters. The van der Waals surface area contributed by atoms with Gasteiger partial charge in [0.05, 0.1) is 21.7 Å². The molecule has 10 heteroatoms. The van der Waals surface area contributed by atoms with E-state index in [4.69, 9.17) is 0 Å². The predicted molar refractivity (Wildman–Crippen MR) is 113 cm³/mol. The Morgan fingerprint density at radius 1 is 0.710 bits per heavy atom. The second-order valence-corrected chi connectivity index (χ2v) is 10.5. The molecule has 158 valence electrons. The van der Waals surface area contributed by atoms with Crippen LogP contribution in [0.5, 0.6) is 0 Å². The van der Waals surface area contributed by atoms with Crippen molar-refractivity contribution >= 4 is 37.5 Å². The van der Waals surface area contributed by atoms with Crippen LogP contribution in [0.25, 0.3) is 0 Å². The third kappa shape index (κ3) is 3.65. The molecule has 0 unspecified atom stereocenters. The van der Waals surface area contributed by atoms with E-state index in [-0.39, 0.29) is 21.7 Å². The highest BCUT2D eigenvalue weighted by Gasteiger charge is 2.39. The largest absolute Gasteiger partial charge is 0.268 e. The van der Waals surface area contributed by atoms with Crippen molar-refractivity contribution in [1.82, 2.24) is 4.13 Å². The number of nitrogens with zero attached hydrogens (tertiary/aromatic N) is 1.